The van der Waals surface area contributed by atoms with Crippen molar-refractivity contribution in [3.8, 4) is 0 Å². The Balaban J connectivity index is 3.17. The Labute approximate surface area is 112 Å². The summed E-state index contributed by atoms with van der Waals surface area (Å²) in [6.07, 6.45) is 0.659. The zero-order valence-corrected chi connectivity index (χ0v) is 11.7. The van der Waals surface area contributed by atoms with E-state index in [1.54, 1.807) is 0 Å². The number of benzene rings is 1. The maximum atomic E-state index is 12.3. The first-order valence-electron chi connectivity index (χ1n) is 5.59. The van der Waals surface area contributed by atoms with Gasteiger partial charge in [-0.1, -0.05) is 18.5 Å². The minimum atomic E-state index is -3.68. The molecule has 0 fully saturated rings. The number of halogens is 1. The Morgan fingerprint density at radius 1 is 1.39 bits per heavy atom. The van der Waals surface area contributed by atoms with Gasteiger partial charge in [-0.2, -0.15) is 4.31 Å². The summed E-state index contributed by atoms with van der Waals surface area (Å²) in [5.41, 5.74) is 5.80. The first-order valence-corrected chi connectivity index (χ1v) is 7.41. The Morgan fingerprint density at radius 2 is 2.06 bits per heavy atom. The van der Waals surface area contributed by atoms with Gasteiger partial charge in [-0.3, -0.25) is 0 Å². The molecule has 0 aliphatic carbocycles. The zero-order chi connectivity index (χ0) is 13.8. The molecular weight excluding hydrogens is 276 g/mol. The molecule has 0 aromatic heterocycles. The van der Waals surface area contributed by atoms with Crippen molar-refractivity contribution in [3.63, 3.8) is 0 Å². The summed E-state index contributed by atoms with van der Waals surface area (Å²) < 4.78 is 25.9. The Hall–Kier alpha value is -0.820. The summed E-state index contributed by atoms with van der Waals surface area (Å²) in [6, 6.07) is 4.26. The molecule has 0 amide bonds. The van der Waals surface area contributed by atoms with E-state index in [0.717, 1.165) is 0 Å². The minimum absolute atomic E-state index is 0.0220. The van der Waals surface area contributed by atoms with Crippen LogP contribution in [-0.4, -0.2) is 37.5 Å². The molecule has 0 saturated heterocycles. The van der Waals surface area contributed by atoms with Crippen LogP contribution in [0.4, 0.5) is 5.69 Å². The fourth-order valence-corrected chi connectivity index (χ4v) is 3.41. The number of aliphatic hydroxyl groups excluding tert-OH is 1. The van der Waals surface area contributed by atoms with Crippen molar-refractivity contribution >= 4 is 27.3 Å². The fourth-order valence-electron chi connectivity index (χ4n) is 1.61. The molecule has 18 heavy (non-hydrogen) atoms. The van der Waals surface area contributed by atoms with Gasteiger partial charge in [0, 0.05) is 18.1 Å². The summed E-state index contributed by atoms with van der Waals surface area (Å²) in [6.45, 7) is 2.03. The van der Waals surface area contributed by atoms with Gasteiger partial charge >= 0.3 is 0 Å². The number of nitrogens with two attached hydrogens (primary N) is 1. The van der Waals surface area contributed by atoms with Crippen LogP contribution in [0.3, 0.4) is 0 Å². The van der Waals surface area contributed by atoms with Gasteiger partial charge in [-0.15, -0.1) is 0 Å². The fraction of sp³-hybridized carbons (Fsp3) is 0.455. The Morgan fingerprint density at radius 3 is 2.56 bits per heavy atom. The molecular formula is C11H17ClN2O3S. The molecule has 102 valence electrons. The van der Waals surface area contributed by atoms with Crippen LogP contribution in [-0.2, 0) is 10.0 Å². The SMILES string of the molecule is CCCN(CCO)S(=O)(=O)c1ccc(Cl)cc1N. The summed E-state index contributed by atoms with van der Waals surface area (Å²) in [5.74, 6) is 0. The second-order valence-electron chi connectivity index (χ2n) is 3.81. The Bertz CT molecular complexity index is 499. The molecule has 0 unspecified atom stereocenters. The van der Waals surface area contributed by atoms with Crippen LogP contribution in [0, 0.1) is 0 Å². The highest BCUT2D eigenvalue weighted by Gasteiger charge is 2.25. The van der Waals surface area contributed by atoms with Gasteiger partial charge in [0.1, 0.15) is 4.90 Å². The van der Waals surface area contributed by atoms with Crippen molar-refractivity contribution in [1.29, 1.82) is 0 Å². The number of sulfonamides is 1. The third-order valence-electron chi connectivity index (χ3n) is 2.41. The number of hydrogen-bond donors (Lipinski definition) is 2. The Kier molecular flexibility index (Phi) is 5.40. The van der Waals surface area contributed by atoms with Crippen molar-refractivity contribution in [2.24, 2.45) is 0 Å². The summed E-state index contributed by atoms with van der Waals surface area (Å²) >= 11 is 5.74. The molecule has 0 heterocycles. The molecule has 5 nitrogen and oxygen atoms in total. The highest BCUT2D eigenvalue weighted by molar-refractivity contribution is 7.89. The van der Waals surface area contributed by atoms with Gasteiger partial charge in [0.15, 0.2) is 0 Å². The molecule has 1 aromatic carbocycles. The smallest absolute Gasteiger partial charge is 0.245 e. The third-order valence-corrected chi connectivity index (χ3v) is 4.62. The zero-order valence-electron chi connectivity index (χ0n) is 10.1. The van der Waals surface area contributed by atoms with Crippen LogP contribution in [0.25, 0.3) is 0 Å². The standard InChI is InChI=1S/C11H17ClN2O3S/c1-2-5-14(6-7-15)18(16,17)11-4-3-9(12)8-10(11)13/h3-4,8,15H,2,5-7,13H2,1H3. The highest BCUT2D eigenvalue weighted by Crippen LogP contribution is 2.25. The second-order valence-corrected chi connectivity index (χ2v) is 6.15. The van der Waals surface area contributed by atoms with E-state index in [1.165, 1.54) is 22.5 Å². The molecule has 1 aromatic rings. The largest absolute Gasteiger partial charge is 0.398 e. The number of nitrogen functional groups attached to an aromatic ring is 1. The lowest BCUT2D eigenvalue weighted by Crippen LogP contribution is -2.34. The highest BCUT2D eigenvalue weighted by atomic mass is 35.5. The summed E-state index contributed by atoms with van der Waals surface area (Å²) in [5, 5.41) is 9.31. The number of hydrogen-bond acceptors (Lipinski definition) is 4. The number of anilines is 1. The lowest BCUT2D eigenvalue weighted by molar-refractivity contribution is 0.253. The van der Waals surface area contributed by atoms with Gasteiger partial charge < -0.3 is 10.8 Å². The van der Waals surface area contributed by atoms with Crippen molar-refractivity contribution < 1.29 is 13.5 Å². The molecule has 0 atom stereocenters. The van der Waals surface area contributed by atoms with E-state index >= 15 is 0 Å². The van der Waals surface area contributed by atoms with Gasteiger partial charge in [0.05, 0.1) is 12.3 Å². The molecule has 0 aliphatic heterocycles. The molecule has 1 rings (SSSR count). The lowest BCUT2D eigenvalue weighted by Gasteiger charge is -2.21. The van der Waals surface area contributed by atoms with E-state index in [-0.39, 0.29) is 23.7 Å². The van der Waals surface area contributed by atoms with E-state index in [9.17, 15) is 8.42 Å². The van der Waals surface area contributed by atoms with Gasteiger partial charge in [-0.05, 0) is 24.6 Å². The van der Waals surface area contributed by atoms with Gasteiger partial charge in [-0.25, -0.2) is 8.42 Å². The second kappa shape index (κ2) is 6.38. The van der Waals surface area contributed by atoms with Crippen molar-refractivity contribution in [2.75, 3.05) is 25.4 Å². The van der Waals surface area contributed by atoms with Crippen molar-refractivity contribution in [2.45, 2.75) is 18.2 Å². The van der Waals surface area contributed by atoms with Crippen LogP contribution in [0.2, 0.25) is 5.02 Å². The molecule has 0 spiro atoms. The normalized spacial score (nSPS) is 12.0. The van der Waals surface area contributed by atoms with Gasteiger partial charge in [0.25, 0.3) is 0 Å². The lowest BCUT2D eigenvalue weighted by atomic mass is 10.3. The molecule has 0 radical (unpaired) electrons. The van der Waals surface area contributed by atoms with Crippen LogP contribution in [0.5, 0.6) is 0 Å². The van der Waals surface area contributed by atoms with Crippen LogP contribution in [0.15, 0.2) is 23.1 Å². The molecule has 0 bridgehead atoms. The quantitative estimate of drug-likeness (QED) is 0.775. The number of aliphatic hydroxyl groups is 1. The molecule has 0 aliphatic rings. The summed E-state index contributed by atoms with van der Waals surface area (Å²) in [4.78, 5) is 0.0220. The van der Waals surface area contributed by atoms with Crippen LogP contribution >= 0.6 is 11.6 Å². The average Bonchev–Trinajstić information content (AvgIpc) is 2.28. The van der Waals surface area contributed by atoms with E-state index in [2.05, 4.69) is 0 Å². The van der Waals surface area contributed by atoms with Crippen LogP contribution < -0.4 is 5.73 Å². The first kappa shape index (κ1) is 15.2. The third kappa shape index (κ3) is 3.35. The average molecular weight is 293 g/mol. The topological polar surface area (TPSA) is 83.6 Å². The van der Waals surface area contributed by atoms with E-state index < -0.39 is 10.0 Å². The minimum Gasteiger partial charge on any atom is -0.398 e. The molecule has 0 saturated carbocycles. The summed E-state index contributed by atoms with van der Waals surface area (Å²) in [7, 11) is -3.68. The molecule has 7 heteroatoms. The maximum absolute atomic E-state index is 12.3. The van der Waals surface area contributed by atoms with E-state index in [0.29, 0.717) is 18.0 Å². The van der Waals surface area contributed by atoms with Crippen molar-refractivity contribution in [1.82, 2.24) is 4.31 Å². The van der Waals surface area contributed by atoms with Crippen LogP contribution in [0.1, 0.15) is 13.3 Å². The predicted molar refractivity (Wildman–Crippen MR) is 72.0 cm³/mol. The predicted octanol–water partition coefficient (Wildman–Crippen LogP) is 1.32. The van der Waals surface area contributed by atoms with Crippen molar-refractivity contribution in [3.05, 3.63) is 23.2 Å². The monoisotopic (exact) mass is 292 g/mol. The first-order chi connectivity index (χ1) is 8.43. The van der Waals surface area contributed by atoms with Gasteiger partial charge in [0.2, 0.25) is 10.0 Å². The van der Waals surface area contributed by atoms with E-state index in [4.69, 9.17) is 22.4 Å². The maximum Gasteiger partial charge on any atom is 0.245 e. The van der Waals surface area contributed by atoms with E-state index in [1.807, 2.05) is 6.92 Å². The number of rotatable bonds is 6. The number of nitrogens with zero attached hydrogens (tertiary/aromatic N) is 1. The molecule has 3 N–H and O–H groups in total.